The predicted molar refractivity (Wildman–Crippen MR) is 137 cm³/mol. The molecule has 0 radical (unpaired) electrons. The maximum Gasteiger partial charge on any atom is 0.219 e. The van der Waals surface area contributed by atoms with Crippen LogP contribution in [-0.2, 0) is 9.47 Å². The minimum atomic E-state index is -0.775. The Morgan fingerprint density at radius 1 is 1.25 bits per heavy atom. The highest BCUT2D eigenvalue weighted by Crippen LogP contribution is 2.27. The van der Waals surface area contributed by atoms with Crippen molar-refractivity contribution in [1.82, 2.24) is 19.9 Å². The molecule has 10 nitrogen and oxygen atoms in total. The first-order chi connectivity index (χ1) is 17.2. The maximum absolute atomic E-state index is 14.1. The van der Waals surface area contributed by atoms with Crippen molar-refractivity contribution >= 4 is 5.95 Å². The largest absolute Gasteiger partial charge is 0.401 e. The number of ether oxygens (including phenoxy) is 2. The first kappa shape index (κ1) is 27.8. The third-order valence-corrected chi connectivity index (χ3v) is 6.55. The summed E-state index contributed by atoms with van der Waals surface area (Å²) in [6.07, 6.45) is 5.42. The molecule has 0 aliphatic carbocycles. The van der Waals surface area contributed by atoms with Crippen molar-refractivity contribution in [2.45, 2.75) is 56.8 Å². The molecular weight excluding hydrogens is 465 g/mol. The lowest BCUT2D eigenvalue weighted by Crippen LogP contribution is -2.44. The molecule has 7 N–H and O–H groups in total. The number of nitrogen functional groups attached to an aromatic ring is 1. The van der Waals surface area contributed by atoms with E-state index >= 15 is 0 Å². The van der Waals surface area contributed by atoms with Crippen LogP contribution < -0.4 is 17.3 Å². The number of halogens is 1. The monoisotopic (exact) mass is 503 g/mol. The number of hydrazine groups is 1. The lowest BCUT2D eigenvalue weighted by Gasteiger charge is -2.36. The van der Waals surface area contributed by atoms with E-state index in [1.54, 1.807) is 18.6 Å². The molecule has 3 rings (SSSR count). The fraction of sp³-hybridized carbons (Fsp3) is 0.520. The summed E-state index contributed by atoms with van der Waals surface area (Å²) in [6, 6.07) is 6.93. The zero-order chi connectivity index (χ0) is 26.2. The summed E-state index contributed by atoms with van der Waals surface area (Å²) in [7, 11) is 3.52. The van der Waals surface area contributed by atoms with Crippen LogP contribution >= 0.6 is 0 Å². The fourth-order valence-electron chi connectivity index (χ4n) is 4.48. The van der Waals surface area contributed by atoms with Crippen molar-refractivity contribution in [1.29, 1.82) is 0 Å². The van der Waals surface area contributed by atoms with Gasteiger partial charge in [-0.25, -0.2) is 20.2 Å². The lowest BCUT2D eigenvalue weighted by atomic mass is 9.99. The number of hydrogen-bond donors (Lipinski definition) is 4. The highest BCUT2D eigenvalue weighted by Gasteiger charge is 2.29. The Labute approximate surface area is 211 Å². The van der Waals surface area contributed by atoms with Crippen LogP contribution in [0.25, 0.3) is 11.1 Å². The van der Waals surface area contributed by atoms with E-state index < -0.39 is 25.1 Å². The van der Waals surface area contributed by atoms with Gasteiger partial charge in [-0.2, -0.15) is 0 Å². The summed E-state index contributed by atoms with van der Waals surface area (Å²) in [5, 5.41) is 11.2. The molecule has 1 aromatic heterocycles. The number of anilines is 1. The van der Waals surface area contributed by atoms with E-state index in [0.29, 0.717) is 25.1 Å². The zero-order valence-electron chi connectivity index (χ0n) is 21.1. The number of aliphatic hydroxyl groups is 1. The number of benzene rings is 1. The molecule has 0 saturated carbocycles. The molecule has 0 amide bonds. The van der Waals surface area contributed by atoms with Gasteiger partial charge in [-0.1, -0.05) is 24.3 Å². The van der Waals surface area contributed by atoms with E-state index in [9.17, 15) is 9.50 Å². The molecule has 1 fully saturated rings. The number of rotatable bonds is 11. The Kier molecular flexibility index (Phi) is 9.97. The summed E-state index contributed by atoms with van der Waals surface area (Å²) < 4.78 is 25.2. The number of methoxy groups -OCH3 is 1. The van der Waals surface area contributed by atoms with Crippen LogP contribution in [0.15, 0.2) is 48.6 Å². The molecular formula is C25H38FN7O3. The van der Waals surface area contributed by atoms with E-state index in [1.165, 1.54) is 12.1 Å². The third kappa shape index (κ3) is 7.34. The van der Waals surface area contributed by atoms with Crippen molar-refractivity contribution in [2.24, 2.45) is 11.6 Å². The normalized spacial score (nSPS) is 22.4. The SMILES string of the molecule is COC(c1ccc(-c2cnc(N)nc2)cc1)C(CF)N(N)/C=C(\N)CCN(C)C1CC(C)OC(O)C1. The Morgan fingerprint density at radius 3 is 2.50 bits per heavy atom. The highest BCUT2D eigenvalue weighted by atomic mass is 19.1. The van der Waals surface area contributed by atoms with Crippen LogP contribution in [0.2, 0.25) is 0 Å². The highest BCUT2D eigenvalue weighted by molar-refractivity contribution is 5.62. The molecule has 2 aromatic rings. The minimum absolute atomic E-state index is 0.00111. The van der Waals surface area contributed by atoms with Crippen LogP contribution in [-0.4, -0.2) is 76.8 Å². The lowest BCUT2D eigenvalue weighted by molar-refractivity contribution is -0.173. The van der Waals surface area contributed by atoms with Crippen molar-refractivity contribution in [2.75, 3.05) is 33.1 Å². The van der Waals surface area contributed by atoms with Crippen molar-refractivity contribution in [3.63, 3.8) is 0 Å². The summed E-state index contributed by atoms with van der Waals surface area (Å²) in [4.78, 5) is 10.2. The van der Waals surface area contributed by atoms with Gasteiger partial charge in [0.05, 0.1) is 6.10 Å². The third-order valence-electron chi connectivity index (χ3n) is 6.55. The molecule has 36 heavy (non-hydrogen) atoms. The Balaban J connectivity index is 1.62. The number of alkyl halides is 1. The van der Waals surface area contributed by atoms with Crippen LogP contribution in [0.4, 0.5) is 10.3 Å². The maximum atomic E-state index is 14.1. The molecule has 0 spiro atoms. The Morgan fingerprint density at radius 2 is 1.92 bits per heavy atom. The second-order valence-corrected chi connectivity index (χ2v) is 9.24. The topological polar surface area (TPSA) is 149 Å². The number of nitrogens with zero attached hydrogens (tertiary/aromatic N) is 4. The number of aliphatic hydroxyl groups excluding tert-OH is 1. The van der Waals surface area contributed by atoms with Crippen LogP contribution in [0.1, 0.15) is 37.9 Å². The smallest absolute Gasteiger partial charge is 0.219 e. The molecule has 5 unspecified atom stereocenters. The van der Waals surface area contributed by atoms with Crippen molar-refractivity contribution in [3.05, 3.63) is 54.1 Å². The van der Waals surface area contributed by atoms with Crippen molar-refractivity contribution in [3.8, 4) is 11.1 Å². The van der Waals surface area contributed by atoms with E-state index in [4.69, 9.17) is 26.8 Å². The predicted octanol–water partition coefficient (Wildman–Crippen LogP) is 1.94. The van der Waals surface area contributed by atoms with Crippen LogP contribution in [0.5, 0.6) is 0 Å². The molecule has 11 heteroatoms. The van der Waals surface area contributed by atoms with Gasteiger partial charge < -0.3 is 36.0 Å². The average molecular weight is 504 g/mol. The molecule has 0 bridgehead atoms. The van der Waals surface area contributed by atoms with Gasteiger partial charge >= 0.3 is 0 Å². The quantitative estimate of drug-likeness (QED) is 0.265. The van der Waals surface area contributed by atoms with E-state index in [1.807, 2.05) is 38.2 Å². The fourth-order valence-corrected chi connectivity index (χ4v) is 4.48. The van der Waals surface area contributed by atoms with Crippen molar-refractivity contribution < 1.29 is 19.0 Å². The Bertz CT molecular complexity index is 967. The molecule has 5 atom stereocenters. The Hall–Kier alpha value is -2.83. The molecule has 198 valence electrons. The second kappa shape index (κ2) is 12.9. The summed E-state index contributed by atoms with van der Waals surface area (Å²) in [5.41, 5.74) is 14.8. The van der Waals surface area contributed by atoms with Gasteiger partial charge in [0.15, 0.2) is 6.29 Å². The van der Waals surface area contributed by atoms with Gasteiger partial charge in [0, 0.05) is 62.4 Å². The molecule has 1 aliphatic heterocycles. The van der Waals surface area contributed by atoms with Gasteiger partial charge in [-0.15, -0.1) is 0 Å². The summed E-state index contributed by atoms with van der Waals surface area (Å²) in [5.74, 6) is 6.44. The second-order valence-electron chi connectivity index (χ2n) is 9.24. The molecule has 1 saturated heterocycles. The van der Waals surface area contributed by atoms with Gasteiger partial charge in [-0.05, 0) is 31.5 Å². The average Bonchev–Trinajstić information content (AvgIpc) is 2.85. The standard InChI is InChI=1S/C25H38FN7O3/c1-16-10-21(11-23(34)36-16)32(2)9-8-20(27)15-33(29)22(12-26)24(35-3)18-6-4-17(5-7-18)19-13-30-25(28)31-14-19/h4-7,13-16,21-24,34H,8-12,27,29H2,1-3H3,(H2,28,30,31)/b20-15-. The summed E-state index contributed by atoms with van der Waals surface area (Å²) >= 11 is 0. The van der Waals surface area contributed by atoms with E-state index in [0.717, 1.165) is 23.1 Å². The van der Waals surface area contributed by atoms with Gasteiger partial charge in [0.2, 0.25) is 5.95 Å². The van der Waals surface area contributed by atoms with Gasteiger partial charge in [0.25, 0.3) is 0 Å². The van der Waals surface area contributed by atoms with Crippen LogP contribution in [0, 0.1) is 0 Å². The molecule has 1 aliphatic rings. The van der Waals surface area contributed by atoms with Gasteiger partial charge in [0.1, 0.15) is 18.8 Å². The van der Waals surface area contributed by atoms with Crippen LogP contribution in [0.3, 0.4) is 0 Å². The summed E-state index contributed by atoms with van der Waals surface area (Å²) in [6.45, 7) is 1.89. The van der Waals surface area contributed by atoms with E-state index in [-0.39, 0.29) is 18.1 Å². The molecule has 2 heterocycles. The zero-order valence-corrected chi connectivity index (χ0v) is 21.1. The number of hydrogen-bond acceptors (Lipinski definition) is 10. The van der Waals surface area contributed by atoms with Gasteiger partial charge in [-0.3, -0.25) is 0 Å². The minimum Gasteiger partial charge on any atom is -0.401 e. The number of aromatic nitrogens is 2. The van der Waals surface area contributed by atoms with E-state index in [2.05, 4.69) is 14.9 Å². The first-order valence-corrected chi connectivity index (χ1v) is 12.0. The number of nitrogens with two attached hydrogens (primary N) is 3. The molecule has 1 aromatic carbocycles. The first-order valence-electron chi connectivity index (χ1n) is 12.0.